The van der Waals surface area contributed by atoms with Crippen LogP contribution >= 0.6 is 0 Å². The van der Waals surface area contributed by atoms with Crippen molar-refractivity contribution in [3.63, 3.8) is 0 Å². The first-order chi connectivity index (χ1) is 20.9. The second-order valence-electron chi connectivity index (χ2n) is 9.75. The summed E-state index contributed by atoms with van der Waals surface area (Å²) < 4.78 is 28.8. The van der Waals surface area contributed by atoms with E-state index >= 15 is 0 Å². The summed E-state index contributed by atoms with van der Waals surface area (Å²) in [7, 11) is 6.15. The Labute approximate surface area is 247 Å². The highest BCUT2D eigenvalue weighted by molar-refractivity contribution is 5.95. The van der Waals surface area contributed by atoms with E-state index in [0.29, 0.717) is 52.9 Å². The van der Waals surface area contributed by atoms with Gasteiger partial charge in [0.2, 0.25) is 0 Å². The van der Waals surface area contributed by atoms with Crippen LogP contribution in [0.15, 0.2) is 49.1 Å². The zero-order valence-electron chi connectivity index (χ0n) is 24.2. The van der Waals surface area contributed by atoms with E-state index in [-0.39, 0.29) is 5.56 Å². The second kappa shape index (κ2) is 13.1. The molecule has 14 heteroatoms. The number of carbonyl (C=O) groups excluding carboxylic acids is 1. The van der Waals surface area contributed by atoms with E-state index in [0.717, 1.165) is 5.56 Å². The van der Waals surface area contributed by atoms with Crippen molar-refractivity contribution in [1.82, 2.24) is 24.8 Å². The van der Waals surface area contributed by atoms with Gasteiger partial charge in [0.05, 0.1) is 41.4 Å². The molecular weight excluding hydrogens is 560 g/mol. The third-order valence-electron chi connectivity index (χ3n) is 7.25. The lowest BCUT2D eigenvalue weighted by atomic mass is 10.1. The Balaban J connectivity index is 1.36. The van der Waals surface area contributed by atoms with Gasteiger partial charge in [0.1, 0.15) is 36.1 Å². The van der Waals surface area contributed by atoms with E-state index in [1.54, 1.807) is 37.0 Å². The smallest absolute Gasteiger partial charge is 0.252 e. The van der Waals surface area contributed by atoms with Crippen LogP contribution in [0.3, 0.4) is 0 Å². The highest BCUT2D eigenvalue weighted by Gasteiger charge is 2.46. The van der Waals surface area contributed by atoms with E-state index in [9.17, 15) is 15.0 Å². The molecule has 0 spiro atoms. The van der Waals surface area contributed by atoms with E-state index in [1.807, 2.05) is 18.2 Å². The summed E-state index contributed by atoms with van der Waals surface area (Å²) in [5.74, 6) is 2.18. The standard InChI is InChI=1S/C29H34N6O8/c1-39-18-10-17(11-19(12-18)40-2)28(38)34-23-25(37)22(13-36)43-29(23)35-15-33-24-26(31-14-32-27(24)35)30-8-7-16-5-6-20(41-3)21(9-16)42-4/h5-6,9-12,14-15,22-23,25,29,36-37H,7-8,13H2,1-4H3,(H,34,38)(H,30,31,32)/t22-,23-,25-,29-/m1/s1. The number of methoxy groups -OCH3 is 4. The zero-order valence-corrected chi connectivity index (χ0v) is 24.2. The van der Waals surface area contributed by atoms with Gasteiger partial charge in [-0.1, -0.05) is 6.07 Å². The summed E-state index contributed by atoms with van der Waals surface area (Å²) in [6.45, 7) is 0.0873. The number of aromatic nitrogens is 4. The molecule has 2 aromatic carbocycles. The highest BCUT2D eigenvalue weighted by Crippen LogP contribution is 2.33. The molecular formula is C29H34N6O8. The van der Waals surface area contributed by atoms with Crippen LogP contribution in [0, 0.1) is 0 Å². The molecule has 1 fully saturated rings. The van der Waals surface area contributed by atoms with Crippen LogP contribution in [0.25, 0.3) is 11.2 Å². The fourth-order valence-electron chi connectivity index (χ4n) is 4.99. The third-order valence-corrected chi connectivity index (χ3v) is 7.25. The lowest BCUT2D eigenvalue weighted by Crippen LogP contribution is -2.46. The molecule has 3 heterocycles. The van der Waals surface area contributed by atoms with Gasteiger partial charge in [-0.2, -0.15) is 0 Å². The molecule has 0 radical (unpaired) electrons. The molecule has 2 aromatic heterocycles. The van der Waals surface area contributed by atoms with Crippen molar-refractivity contribution in [3.8, 4) is 23.0 Å². The number of fused-ring (bicyclic) bond motifs is 1. The van der Waals surface area contributed by atoms with Crippen molar-refractivity contribution >= 4 is 22.9 Å². The number of aliphatic hydroxyl groups is 2. The van der Waals surface area contributed by atoms with Gasteiger partial charge < -0.3 is 44.5 Å². The zero-order chi connectivity index (χ0) is 30.5. The largest absolute Gasteiger partial charge is 0.497 e. The van der Waals surface area contributed by atoms with Crippen molar-refractivity contribution in [2.75, 3.05) is 46.9 Å². The Morgan fingerprint density at radius 2 is 1.72 bits per heavy atom. The number of amides is 1. The summed E-state index contributed by atoms with van der Waals surface area (Å²) in [6, 6.07) is 9.54. The molecule has 0 unspecified atom stereocenters. The average molecular weight is 595 g/mol. The van der Waals surface area contributed by atoms with Gasteiger partial charge in [0.25, 0.3) is 5.91 Å². The quantitative estimate of drug-likeness (QED) is 0.187. The minimum atomic E-state index is -1.22. The van der Waals surface area contributed by atoms with E-state index < -0.39 is 37.0 Å². The van der Waals surface area contributed by atoms with Crippen molar-refractivity contribution in [1.29, 1.82) is 0 Å². The van der Waals surface area contributed by atoms with Crippen molar-refractivity contribution in [2.45, 2.75) is 30.9 Å². The van der Waals surface area contributed by atoms with Gasteiger partial charge in [-0.15, -0.1) is 0 Å². The van der Waals surface area contributed by atoms with Crippen LogP contribution in [0.5, 0.6) is 23.0 Å². The van der Waals surface area contributed by atoms with Crippen LogP contribution in [-0.2, 0) is 11.2 Å². The minimum absolute atomic E-state index is 0.258. The van der Waals surface area contributed by atoms with Crippen molar-refractivity contribution in [2.24, 2.45) is 0 Å². The molecule has 14 nitrogen and oxygen atoms in total. The molecule has 4 aromatic rings. The lowest BCUT2D eigenvalue weighted by Gasteiger charge is -2.23. The molecule has 43 heavy (non-hydrogen) atoms. The Hall–Kier alpha value is -4.66. The number of nitrogens with zero attached hydrogens (tertiary/aromatic N) is 4. The Bertz CT molecular complexity index is 1560. The molecule has 0 bridgehead atoms. The second-order valence-corrected chi connectivity index (χ2v) is 9.75. The van der Waals surface area contributed by atoms with Gasteiger partial charge in [-0.05, 0) is 36.2 Å². The molecule has 1 aliphatic heterocycles. The number of hydrogen-bond acceptors (Lipinski definition) is 12. The molecule has 5 rings (SSSR count). The Kier molecular flexibility index (Phi) is 9.09. The van der Waals surface area contributed by atoms with Gasteiger partial charge in [-0.3, -0.25) is 9.36 Å². The number of ether oxygens (including phenoxy) is 5. The first-order valence-electron chi connectivity index (χ1n) is 13.5. The predicted octanol–water partition coefficient (Wildman–Crippen LogP) is 1.56. The number of imidazole rings is 1. The maximum Gasteiger partial charge on any atom is 0.252 e. The summed E-state index contributed by atoms with van der Waals surface area (Å²) in [5, 5.41) is 27.0. The van der Waals surface area contributed by atoms with Crippen LogP contribution in [0.2, 0.25) is 0 Å². The molecule has 0 aliphatic carbocycles. The van der Waals surface area contributed by atoms with Gasteiger partial charge in [0.15, 0.2) is 34.7 Å². The maximum atomic E-state index is 13.3. The monoisotopic (exact) mass is 594 g/mol. The average Bonchev–Trinajstić information content (AvgIpc) is 3.61. The molecule has 4 atom stereocenters. The normalized spacial score (nSPS) is 19.7. The Morgan fingerprint density at radius 1 is 0.977 bits per heavy atom. The number of benzene rings is 2. The summed E-state index contributed by atoms with van der Waals surface area (Å²) in [5.41, 5.74) is 2.19. The SMILES string of the molecule is COc1cc(OC)cc(C(=O)N[C@@H]2[C@H](O)[C@@H](CO)O[C@H]2n2cnc3c(NCCc4ccc(OC)c(OC)c4)ncnc32)c1. The van der Waals surface area contributed by atoms with Gasteiger partial charge in [0, 0.05) is 18.2 Å². The van der Waals surface area contributed by atoms with Crippen LogP contribution < -0.4 is 29.6 Å². The van der Waals surface area contributed by atoms with Crippen LogP contribution in [-0.4, -0.2) is 95.5 Å². The van der Waals surface area contributed by atoms with Crippen molar-refractivity contribution < 1.29 is 38.7 Å². The van der Waals surface area contributed by atoms with E-state index in [1.165, 1.54) is 26.9 Å². The maximum absolute atomic E-state index is 13.3. The molecule has 1 aliphatic rings. The number of rotatable bonds is 12. The van der Waals surface area contributed by atoms with Crippen molar-refractivity contribution in [3.05, 3.63) is 60.2 Å². The highest BCUT2D eigenvalue weighted by atomic mass is 16.5. The van der Waals surface area contributed by atoms with Gasteiger partial charge >= 0.3 is 0 Å². The van der Waals surface area contributed by atoms with Crippen LogP contribution in [0.1, 0.15) is 22.1 Å². The third kappa shape index (κ3) is 6.11. The minimum Gasteiger partial charge on any atom is -0.497 e. The number of hydrogen-bond donors (Lipinski definition) is 4. The molecule has 228 valence electrons. The predicted molar refractivity (Wildman–Crippen MR) is 155 cm³/mol. The fraction of sp³-hybridized carbons (Fsp3) is 0.379. The molecule has 1 saturated heterocycles. The topological polar surface area (TPSA) is 171 Å². The summed E-state index contributed by atoms with van der Waals surface area (Å²) >= 11 is 0. The van der Waals surface area contributed by atoms with Gasteiger partial charge in [-0.25, -0.2) is 15.0 Å². The fourth-order valence-corrected chi connectivity index (χ4v) is 4.99. The number of aliphatic hydroxyl groups excluding tert-OH is 2. The van der Waals surface area contributed by atoms with Crippen LogP contribution in [0.4, 0.5) is 5.82 Å². The van der Waals surface area contributed by atoms with E-state index in [2.05, 4.69) is 25.6 Å². The summed E-state index contributed by atoms with van der Waals surface area (Å²) in [4.78, 5) is 26.6. The number of anilines is 1. The Morgan fingerprint density at radius 3 is 2.40 bits per heavy atom. The number of nitrogens with one attached hydrogen (secondary N) is 2. The summed E-state index contributed by atoms with van der Waals surface area (Å²) in [6.07, 6.45) is 0.473. The first kappa shape index (κ1) is 29.8. The molecule has 0 saturated carbocycles. The molecule has 4 N–H and O–H groups in total. The first-order valence-corrected chi connectivity index (χ1v) is 13.5. The lowest BCUT2D eigenvalue weighted by molar-refractivity contribution is -0.0440. The van der Waals surface area contributed by atoms with E-state index in [4.69, 9.17) is 23.7 Å². The molecule has 1 amide bonds. The number of carbonyl (C=O) groups is 1.